The highest BCUT2D eigenvalue weighted by molar-refractivity contribution is 9.10. The molecule has 0 bridgehead atoms. The molecular formula is C13H15BrN2O4. The summed E-state index contributed by atoms with van der Waals surface area (Å²) >= 11 is 3.25. The van der Waals surface area contributed by atoms with E-state index in [0.717, 1.165) is 6.54 Å². The van der Waals surface area contributed by atoms with E-state index >= 15 is 0 Å². The van der Waals surface area contributed by atoms with Crippen LogP contribution in [0, 0.1) is 0 Å². The summed E-state index contributed by atoms with van der Waals surface area (Å²) in [5.74, 6) is -1.34. The van der Waals surface area contributed by atoms with Gasteiger partial charge in [-0.05, 0) is 18.2 Å². The second-order valence-electron chi connectivity index (χ2n) is 4.44. The molecule has 20 heavy (non-hydrogen) atoms. The van der Waals surface area contributed by atoms with Gasteiger partial charge in [0.1, 0.15) is 0 Å². The molecule has 2 rings (SSSR count). The fraction of sp³-hybridized carbons (Fsp3) is 0.385. The van der Waals surface area contributed by atoms with Gasteiger partial charge in [-0.3, -0.25) is 4.79 Å². The maximum absolute atomic E-state index is 11.9. The van der Waals surface area contributed by atoms with Gasteiger partial charge < -0.3 is 20.5 Å². The van der Waals surface area contributed by atoms with E-state index in [1.165, 1.54) is 6.07 Å². The summed E-state index contributed by atoms with van der Waals surface area (Å²) in [7, 11) is 0. The number of hydrogen-bond acceptors (Lipinski definition) is 4. The first-order valence-corrected chi connectivity index (χ1v) is 7.00. The number of halogens is 1. The predicted molar refractivity (Wildman–Crippen MR) is 77.0 cm³/mol. The Labute approximate surface area is 124 Å². The van der Waals surface area contributed by atoms with Crippen molar-refractivity contribution in [1.82, 2.24) is 5.32 Å². The topological polar surface area (TPSA) is 87.7 Å². The molecule has 6 nitrogen and oxygen atoms in total. The zero-order valence-corrected chi connectivity index (χ0v) is 12.3. The fourth-order valence-electron chi connectivity index (χ4n) is 1.97. The third-order valence-electron chi connectivity index (χ3n) is 2.90. The number of carboxylic acid groups (broad SMARTS) is 1. The first-order chi connectivity index (χ1) is 9.56. The minimum Gasteiger partial charge on any atom is -0.478 e. The van der Waals surface area contributed by atoms with Crippen LogP contribution in [-0.2, 0) is 9.53 Å². The van der Waals surface area contributed by atoms with Crippen molar-refractivity contribution in [1.29, 1.82) is 0 Å². The zero-order chi connectivity index (χ0) is 14.5. The van der Waals surface area contributed by atoms with E-state index < -0.39 is 5.97 Å². The Balaban J connectivity index is 2.03. The number of carbonyl (C=O) groups is 2. The normalized spacial score (nSPS) is 18.6. The average molecular weight is 343 g/mol. The number of morpholine rings is 1. The molecule has 0 aromatic heterocycles. The van der Waals surface area contributed by atoms with Crippen LogP contribution in [0.15, 0.2) is 22.7 Å². The monoisotopic (exact) mass is 342 g/mol. The number of rotatable bonds is 4. The highest BCUT2D eigenvalue weighted by Gasteiger charge is 2.19. The van der Waals surface area contributed by atoms with E-state index in [9.17, 15) is 9.59 Å². The maximum Gasteiger partial charge on any atom is 0.337 e. The lowest BCUT2D eigenvalue weighted by molar-refractivity contribution is -0.119. The third-order valence-corrected chi connectivity index (χ3v) is 3.40. The zero-order valence-electron chi connectivity index (χ0n) is 10.7. The van der Waals surface area contributed by atoms with Gasteiger partial charge in [0.25, 0.3) is 0 Å². The van der Waals surface area contributed by atoms with Crippen LogP contribution in [0.2, 0.25) is 0 Å². The van der Waals surface area contributed by atoms with Gasteiger partial charge in [-0.2, -0.15) is 0 Å². The SMILES string of the molecule is O=C(CC1CNCCO1)Nc1cc(Br)ccc1C(=O)O. The van der Waals surface area contributed by atoms with Gasteiger partial charge in [-0.25, -0.2) is 4.79 Å². The molecule has 0 radical (unpaired) electrons. The molecular weight excluding hydrogens is 328 g/mol. The lowest BCUT2D eigenvalue weighted by Gasteiger charge is -2.23. The fourth-order valence-corrected chi connectivity index (χ4v) is 2.33. The standard InChI is InChI=1S/C13H15BrN2O4/c14-8-1-2-10(13(18)19)11(5-8)16-12(17)6-9-7-15-3-4-20-9/h1-2,5,9,15H,3-4,6-7H2,(H,16,17)(H,18,19). The largest absolute Gasteiger partial charge is 0.478 e. The van der Waals surface area contributed by atoms with Gasteiger partial charge in [0.15, 0.2) is 0 Å². The number of nitrogens with one attached hydrogen (secondary N) is 2. The molecule has 108 valence electrons. The lowest BCUT2D eigenvalue weighted by atomic mass is 10.1. The van der Waals surface area contributed by atoms with Crippen molar-refractivity contribution in [3.63, 3.8) is 0 Å². The van der Waals surface area contributed by atoms with Gasteiger partial charge in [-0.1, -0.05) is 15.9 Å². The van der Waals surface area contributed by atoms with E-state index in [2.05, 4.69) is 26.6 Å². The van der Waals surface area contributed by atoms with Crippen LogP contribution in [0.3, 0.4) is 0 Å². The highest BCUT2D eigenvalue weighted by atomic mass is 79.9. The summed E-state index contributed by atoms with van der Waals surface area (Å²) in [6.07, 6.45) is 0.0163. The lowest BCUT2D eigenvalue weighted by Crippen LogP contribution is -2.40. The van der Waals surface area contributed by atoms with E-state index in [1.807, 2.05) is 0 Å². The molecule has 0 saturated carbocycles. The molecule has 1 aliphatic rings. The van der Waals surface area contributed by atoms with Crippen LogP contribution in [0.1, 0.15) is 16.8 Å². The summed E-state index contributed by atoms with van der Waals surface area (Å²) in [4.78, 5) is 23.0. The summed E-state index contributed by atoms with van der Waals surface area (Å²) in [6.45, 7) is 1.99. The van der Waals surface area contributed by atoms with Crippen molar-refractivity contribution in [3.05, 3.63) is 28.2 Å². The summed E-state index contributed by atoms with van der Waals surface area (Å²) < 4.78 is 6.14. The number of carbonyl (C=O) groups excluding carboxylic acids is 1. The number of carboxylic acids is 1. The van der Waals surface area contributed by atoms with Gasteiger partial charge in [-0.15, -0.1) is 0 Å². The predicted octanol–water partition coefficient (Wildman–Crippen LogP) is 1.46. The Hall–Kier alpha value is -1.44. The van der Waals surface area contributed by atoms with Gasteiger partial charge in [0.2, 0.25) is 5.91 Å². The number of anilines is 1. The molecule has 1 heterocycles. The number of ether oxygens (including phenoxy) is 1. The molecule has 1 saturated heterocycles. The molecule has 1 aromatic carbocycles. The first kappa shape index (κ1) is 15.0. The van der Waals surface area contributed by atoms with Crippen molar-refractivity contribution in [2.75, 3.05) is 25.0 Å². The number of aromatic carboxylic acids is 1. The molecule has 3 N–H and O–H groups in total. The van der Waals surface area contributed by atoms with Crippen molar-refractivity contribution >= 4 is 33.5 Å². The first-order valence-electron chi connectivity index (χ1n) is 6.21. The number of amides is 1. The molecule has 0 spiro atoms. The molecule has 1 fully saturated rings. The van der Waals surface area contributed by atoms with Crippen molar-refractivity contribution in [3.8, 4) is 0 Å². The minimum atomic E-state index is -1.08. The second kappa shape index (κ2) is 6.83. The van der Waals surface area contributed by atoms with Crippen LogP contribution in [0.5, 0.6) is 0 Å². The third kappa shape index (κ3) is 4.03. The van der Waals surface area contributed by atoms with Crippen molar-refractivity contribution in [2.24, 2.45) is 0 Å². The average Bonchev–Trinajstić information content (AvgIpc) is 2.39. The molecule has 7 heteroatoms. The Kier molecular flexibility index (Phi) is 5.11. The molecule has 1 atom stereocenters. The van der Waals surface area contributed by atoms with Crippen LogP contribution < -0.4 is 10.6 Å². The molecule has 1 unspecified atom stereocenters. The van der Waals surface area contributed by atoms with Crippen LogP contribution in [0.25, 0.3) is 0 Å². The summed E-state index contributed by atoms with van der Waals surface area (Å²) in [5.41, 5.74) is 0.338. The Bertz CT molecular complexity index is 515. The van der Waals surface area contributed by atoms with Gasteiger partial charge in [0, 0.05) is 17.6 Å². The Morgan fingerprint density at radius 3 is 2.95 bits per heavy atom. The molecule has 1 amide bonds. The van der Waals surface area contributed by atoms with Gasteiger partial charge >= 0.3 is 5.97 Å². The van der Waals surface area contributed by atoms with E-state index in [-0.39, 0.29) is 29.7 Å². The van der Waals surface area contributed by atoms with E-state index in [4.69, 9.17) is 9.84 Å². The summed E-state index contributed by atoms with van der Waals surface area (Å²) in [5, 5.41) is 14.8. The smallest absolute Gasteiger partial charge is 0.337 e. The van der Waals surface area contributed by atoms with E-state index in [0.29, 0.717) is 17.6 Å². The van der Waals surface area contributed by atoms with Crippen LogP contribution in [0.4, 0.5) is 5.69 Å². The minimum absolute atomic E-state index is 0.0595. The number of hydrogen-bond donors (Lipinski definition) is 3. The highest BCUT2D eigenvalue weighted by Crippen LogP contribution is 2.22. The maximum atomic E-state index is 11.9. The Morgan fingerprint density at radius 2 is 2.30 bits per heavy atom. The summed E-state index contributed by atoms with van der Waals surface area (Å²) in [6, 6.07) is 4.63. The number of benzene rings is 1. The second-order valence-corrected chi connectivity index (χ2v) is 5.36. The molecule has 1 aliphatic heterocycles. The van der Waals surface area contributed by atoms with E-state index in [1.54, 1.807) is 12.1 Å². The molecule has 1 aromatic rings. The van der Waals surface area contributed by atoms with Crippen LogP contribution >= 0.6 is 15.9 Å². The Morgan fingerprint density at radius 1 is 1.50 bits per heavy atom. The van der Waals surface area contributed by atoms with Crippen molar-refractivity contribution in [2.45, 2.75) is 12.5 Å². The van der Waals surface area contributed by atoms with Gasteiger partial charge in [0.05, 0.1) is 30.4 Å². The van der Waals surface area contributed by atoms with Crippen molar-refractivity contribution < 1.29 is 19.4 Å². The quantitative estimate of drug-likeness (QED) is 0.771. The van der Waals surface area contributed by atoms with Crippen LogP contribution in [-0.4, -0.2) is 42.8 Å². The molecule has 0 aliphatic carbocycles.